The normalized spacial score (nSPS) is 13.8. The van der Waals surface area contributed by atoms with Crippen molar-refractivity contribution in [3.63, 3.8) is 0 Å². The molecule has 0 radical (unpaired) electrons. The van der Waals surface area contributed by atoms with Crippen LogP contribution in [-0.2, 0) is 9.59 Å². The van der Waals surface area contributed by atoms with E-state index < -0.39 is 11.3 Å². The summed E-state index contributed by atoms with van der Waals surface area (Å²) in [5, 5.41) is 0. The highest BCUT2D eigenvalue weighted by Crippen LogP contribution is 2.30. The second-order valence-electron chi connectivity index (χ2n) is 5.59. The molecule has 0 fully saturated rings. The summed E-state index contributed by atoms with van der Waals surface area (Å²) in [6, 6.07) is 0. The molecule has 4 nitrogen and oxygen atoms in total. The van der Waals surface area contributed by atoms with Crippen molar-refractivity contribution in [1.29, 1.82) is 0 Å². The molecule has 0 bridgehead atoms. The standard InChI is InChI=1S/C18H32N2O2/c1-5-9-10-11-12-13-15-18(14-6-2,16(19)21)17(22)20(7-3)8-4/h6,12-13H,2,5,7-11,14-15H2,1,3-4H3,(H2,19,21)/b13-12+. The van der Waals surface area contributed by atoms with E-state index in [-0.39, 0.29) is 12.3 Å². The first-order valence-corrected chi connectivity index (χ1v) is 8.35. The molecule has 0 aliphatic rings. The summed E-state index contributed by atoms with van der Waals surface area (Å²) in [4.78, 5) is 26.5. The predicted molar refractivity (Wildman–Crippen MR) is 92.3 cm³/mol. The average molecular weight is 308 g/mol. The van der Waals surface area contributed by atoms with Gasteiger partial charge in [-0.1, -0.05) is 38.0 Å². The van der Waals surface area contributed by atoms with Crippen LogP contribution in [0.4, 0.5) is 0 Å². The van der Waals surface area contributed by atoms with E-state index in [2.05, 4.69) is 13.5 Å². The Balaban J connectivity index is 5.12. The minimum Gasteiger partial charge on any atom is -0.369 e. The Hall–Kier alpha value is -1.58. The van der Waals surface area contributed by atoms with Crippen molar-refractivity contribution in [3.8, 4) is 0 Å². The van der Waals surface area contributed by atoms with E-state index in [0.29, 0.717) is 19.5 Å². The summed E-state index contributed by atoms with van der Waals surface area (Å²) in [6.07, 6.45) is 10.7. The Morgan fingerprint density at radius 1 is 1.09 bits per heavy atom. The predicted octanol–water partition coefficient (Wildman–Crippen LogP) is 3.43. The van der Waals surface area contributed by atoms with Crippen molar-refractivity contribution in [2.24, 2.45) is 11.1 Å². The zero-order valence-corrected chi connectivity index (χ0v) is 14.4. The molecule has 2 N–H and O–H groups in total. The van der Waals surface area contributed by atoms with Crippen LogP contribution in [0.5, 0.6) is 0 Å². The topological polar surface area (TPSA) is 63.4 Å². The average Bonchev–Trinajstić information content (AvgIpc) is 2.50. The Kier molecular flexibility index (Phi) is 10.3. The van der Waals surface area contributed by atoms with Crippen LogP contribution in [0.25, 0.3) is 0 Å². The summed E-state index contributed by atoms with van der Waals surface area (Å²) in [5.41, 5.74) is 4.40. The highest BCUT2D eigenvalue weighted by molar-refractivity contribution is 6.04. The molecule has 0 aliphatic heterocycles. The number of hydrogen-bond acceptors (Lipinski definition) is 2. The number of carbonyl (C=O) groups excluding carboxylic acids is 2. The lowest BCUT2D eigenvalue weighted by Crippen LogP contribution is -2.51. The van der Waals surface area contributed by atoms with E-state index >= 15 is 0 Å². The van der Waals surface area contributed by atoms with Gasteiger partial charge in [-0.05, 0) is 39.5 Å². The van der Waals surface area contributed by atoms with Gasteiger partial charge < -0.3 is 10.6 Å². The van der Waals surface area contributed by atoms with Gasteiger partial charge >= 0.3 is 0 Å². The Labute approximate surface area is 135 Å². The van der Waals surface area contributed by atoms with Crippen LogP contribution in [0.15, 0.2) is 24.8 Å². The fourth-order valence-electron chi connectivity index (χ4n) is 2.54. The molecule has 22 heavy (non-hydrogen) atoms. The first kappa shape index (κ1) is 20.4. The molecule has 0 spiro atoms. The van der Waals surface area contributed by atoms with Crippen molar-refractivity contribution in [3.05, 3.63) is 24.8 Å². The molecule has 0 saturated carbocycles. The molecule has 0 saturated heterocycles. The van der Waals surface area contributed by atoms with Crippen molar-refractivity contribution < 1.29 is 9.59 Å². The number of nitrogens with two attached hydrogens (primary N) is 1. The maximum atomic E-state index is 12.8. The van der Waals surface area contributed by atoms with Crippen LogP contribution in [-0.4, -0.2) is 29.8 Å². The minimum atomic E-state index is -1.20. The zero-order chi connectivity index (χ0) is 17.0. The molecular formula is C18H32N2O2. The fourth-order valence-corrected chi connectivity index (χ4v) is 2.54. The van der Waals surface area contributed by atoms with Crippen molar-refractivity contribution in [2.45, 2.75) is 59.3 Å². The smallest absolute Gasteiger partial charge is 0.238 e. The molecule has 0 aromatic heterocycles. The van der Waals surface area contributed by atoms with E-state index in [0.717, 1.165) is 12.8 Å². The van der Waals surface area contributed by atoms with Crippen molar-refractivity contribution in [2.75, 3.05) is 13.1 Å². The number of allylic oxidation sites excluding steroid dienone is 3. The summed E-state index contributed by atoms with van der Waals surface area (Å²) in [6.45, 7) is 10.8. The minimum absolute atomic E-state index is 0.192. The van der Waals surface area contributed by atoms with Crippen molar-refractivity contribution >= 4 is 11.8 Å². The summed E-state index contributed by atoms with van der Waals surface area (Å²) >= 11 is 0. The number of nitrogens with zero attached hydrogens (tertiary/aromatic N) is 1. The highest BCUT2D eigenvalue weighted by atomic mass is 16.2. The maximum absolute atomic E-state index is 12.8. The number of amides is 2. The van der Waals surface area contributed by atoms with Gasteiger partial charge in [0.15, 0.2) is 0 Å². The maximum Gasteiger partial charge on any atom is 0.238 e. The van der Waals surface area contributed by atoms with E-state index in [4.69, 9.17) is 5.73 Å². The van der Waals surface area contributed by atoms with Crippen LogP contribution in [0, 0.1) is 5.41 Å². The lowest BCUT2D eigenvalue weighted by Gasteiger charge is -2.32. The van der Waals surface area contributed by atoms with E-state index in [9.17, 15) is 9.59 Å². The van der Waals surface area contributed by atoms with Crippen LogP contribution in [0.1, 0.15) is 59.3 Å². The van der Waals surface area contributed by atoms with Gasteiger partial charge in [-0.15, -0.1) is 6.58 Å². The first-order valence-electron chi connectivity index (χ1n) is 8.35. The molecule has 1 unspecified atom stereocenters. The monoisotopic (exact) mass is 308 g/mol. The lowest BCUT2D eigenvalue weighted by atomic mass is 9.78. The van der Waals surface area contributed by atoms with Crippen LogP contribution >= 0.6 is 0 Å². The number of unbranched alkanes of at least 4 members (excludes halogenated alkanes) is 3. The summed E-state index contributed by atoms with van der Waals surface area (Å²) in [5.74, 6) is -0.759. The molecule has 0 heterocycles. The summed E-state index contributed by atoms with van der Waals surface area (Å²) < 4.78 is 0. The van der Waals surface area contributed by atoms with Gasteiger partial charge in [-0.25, -0.2) is 0 Å². The third kappa shape index (κ3) is 5.66. The second kappa shape index (κ2) is 11.0. The van der Waals surface area contributed by atoms with Gasteiger partial charge in [-0.2, -0.15) is 0 Å². The number of rotatable bonds is 12. The van der Waals surface area contributed by atoms with Gasteiger partial charge in [0.2, 0.25) is 11.8 Å². The van der Waals surface area contributed by atoms with Crippen LogP contribution in [0.2, 0.25) is 0 Å². The summed E-state index contributed by atoms with van der Waals surface area (Å²) in [7, 11) is 0. The van der Waals surface area contributed by atoms with Crippen molar-refractivity contribution in [1.82, 2.24) is 4.90 Å². The third-order valence-electron chi connectivity index (χ3n) is 4.03. The molecule has 0 aromatic carbocycles. The van der Waals surface area contributed by atoms with E-state index in [1.54, 1.807) is 11.0 Å². The van der Waals surface area contributed by atoms with E-state index in [1.807, 2.05) is 26.0 Å². The molecule has 0 aromatic rings. The van der Waals surface area contributed by atoms with E-state index in [1.165, 1.54) is 12.8 Å². The number of hydrogen-bond donors (Lipinski definition) is 1. The van der Waals surface area contributed by atoms with Crippen LogP contribution in [0.3, 0.4) is 0 Å². The molecule has 4 heteroatoms. The Bertz CT molecular complexity index is 387. The molecule has 1 atom stereocenters. The van der Waals surface area contributed by atoms with Gasteiger partial charge in [-0.3, -0.25) is 9.59 Å². The second-order valence-corrected chi connectivity index (χ2v) is 5.59. The Morgan fingerprint density at radius 3 is 2.18 bits per heavy atom. The highest BCUT2D eigenvalue weighted by Gasteiger charge is 2.44. The largest absolute Gasteiger partial charge is 0.369 e. The zero-order valence-electron chi connectivity index (χ0n) is 14.4. The SMILES string of the molecule is C=CCC(C/C=C/CCCCC)(C(N)=O)C(=O)N(CC)CC. The van der Waals surface area contributed by atoms with Gasteiger partial charge in [0.1, 0.15) is 5.41 Å². The van der Waals surface area contributed by atoms with Gasteiger partial charge in [0.25, 0.3) is 0 Å². The van der Waals surface area contributed by atoms with Crippen LogP contribution < -0.4 is 5.73 Å². The number of carbonyl (C=O) groups is 2. The molecule has 0 rings (SSSR count). The number of primary amides is 1. The van der Waals surface area contributed by atoms with Gasteiger partial charge in [0, 0.05) is 13.1 Å². The molecule has 126 valence electrons. The molecule has 0 aliphatic carbocycles. The van der Waals surface area contributed by atoms with Gasteiger partial charge in [0.05, 0.1) is 0 Å². The quantitative estimate of drug-likeness (QED) is 0.341. The third-order valence-corrected chi connectivity index (χ3v) is 4.03. The fraction of sp³-hybridized carbons (Fsp3) is 0.667. The molecular weight excluding hydrogens is 276 g/mol. The molecule has 2 amide bonds. The lowest BCUT2D eigenvalue weighted by molar-refractivity contribution is -0.148. The first-order chi connectivity index (χ1) is 10.5. The Morgan fingerprint density at radius 2 is 1.73 bits per heavy atom.